The fourth-order valence-corrected chi connectivity index (χ4v) is 7.28. The van der Waals surface area contributed by atoms with Gasteiger partial charge in [0, 0.05) is 44.4 Å². The molecule has 0 spiro atoms. The van der Waals surface area contributed by atoms with Gasteiger partial charge in [-0.15, -0.1) is 0 Å². The molecule has 2 N–H and O–H groups in total. The number of pyridine rings is 2. The van der Waals surface area contributed by atoms with Crippen molar-refractivity contribution in [1.29, 1.82) is 0 Å². The van der Waals surface area contributed by atoms with Gasteiger partial charge in [-0.05, 0) is 77.3 Å². The molecule has 2 saturated heterocycles. The second kappa shape index (κ2) is 17.2. The number of aromatic nitrogens is 2. The number of carbonyl (C=O) groups excluding carboxylic acids is 3. The smallest absolute Gasteiger partial charge is 0.408 e. The highest BCUT2D eigenvalue weighted by Gasteiger charge is 2.45. The third kappa shape index (κ3) is 11.2. The minimum absolute atomic E-state index is 0.0762. The van der Waals surface area contributed by atoms with Gasteiger partial charge < -0.3 is 39.2 Å². The summed E-state index contributed by atoms with van der Waals surface area (Å²) >= 11 is 0. The molecule has 294 valence electrons. The molecule has 0 radical (unpaired) electrons. The summed E-state index contributed by atoms with van der Waals surface area (Å²) in [7, 11) is 3.53. The number of hydrogen-bond donors (Lipinski definition) is 2. The molecular formula is C40H61N5O8. The van der Waals surface area contributed by atoms with Gasteiger partial charge in [0.05, 0.1) is 23.6 Å². The first kappa shape index (κ1) is 40.5. The van der Waals surface area contributed by atoms with Crippen LogP contribution in [0.15, 0.2) is 18.5 Å². The fourth-order valence-electron chi connectivity index (χ4n) is 7.28. The number of carbonyl (C=O) groups is 3. The van der Waals surface area contributed by atoms with E-state index in [0.29, 0.717) is 31.2 Å². The van der Waals surface area contributed by atoms with Crippen LogP contribution in [0.5, 0.6) is 11.6 Å². The molecule has 6 unspecified atom stereocenters. The Balaban J connectivity index is 1.22. The SMILES string of the molecule is COC(=O)C1CC(Oc2nc3ccncc3c(OC3CCN(C)CC3)c2CCCCC(C)C2CC2OC(=O)NC(C(=O)OC(C)(C)C)C(C)(C)C)CN1. The first-order valence-electron chi connectivity index (χ1n) is 19.3. The average molecular weight is 740 g/mol. The Kier molecular flexibility index (Phi) is 13.1. The topological polar surface area (TPSA) is 150 Å². The summed E-state index contributed by atoms with van der Waals surface area (Å²) in [5, 5.41) is 6.86. The highest BCUT2D eigenvalue weighted by Crippen LogP contribution is 2.43. The lowest BCUT2D eigenvalue weighted by Gasteiger charge is -2.32. The van der Waals surface area contributed by atoms with Crippen molar-refractivity contribution in [2.75, 3.05) is 33.8 Å². The second-order valence-electron chi connectivity index (χ2n) is 17.2. The molecule has 2 aliphatic heterocycles. The summed E-state index contributed by atoms with van der Waals surface area (Å²) in [5.41, 5.74) is 0.483. The van der Waals surface area contributed by atoms with E-state index in [1.54, 1.807) is 6.20 Å². The van der Waals surface area contributed by atoms with E-state index in [0.717, 1.165) is 73.8 Å². The lowest BCUT2D eigenvalue weighted by atomic mass is 9.86. The van der Waals surface area contributed by atoms with E-state index in [4.69, 9.17) is 28.7 Å². The molecule has 1 aliphatic carbocycles. The van der Waals surface area contributed by atoms with Crippen LogP contribution in [-0.2, 0) is 30.2 Å². The van der Waals surface area contributed by atoms with E-state index in [-0.39, 0.29) is 30.2 Å². The zero-order chi connectivity index (χ0) is 38.5. The van der Waals surface area contributed by atoms with Gasteiger partial charge >= 0.3 is 18.0 Å². The molecular weight excluding hydrogens is 678 g/mol. The minimum Gasteiger partial charge on any atom is -0.489 e. The molecule has 3 aliphatic rings. The number of alkyl carbamates (subject to hydrolysis) is 1. The van der Waals surface area contributed by atoms with Crippen LogP contribution in [0.2, 0.25) is 0 Å². The maximum atomic E-state index is 12.9. The molecule has 5 rings (SSSR count). The number of unbranched alkanes of at least 4 members (excludes halogenated alkanes) is 1. The number of ether oxygens (including phenoxy) is 5. The van der Waals surface area contributed by atoms with E-state index in [9.17, 15) is 14.4 Å². The van der Waals surface area contributed by atoms with Crippen molar-refractivity contribution < 1.29 is 38.1 Å². The Bertz CT molecular complexity index is 1580. The molecule has 1 saturated carbocycles. The van der Waals surface area contributed by atoms with E-state index in [2.05, 4.69) is 34.5 Å². The summed E-state index contributed by atoms with van der Waals surface area (Å²) in [4.78, 5) is 49.7. The highest BCUT2D eigenvalue weighted by molar-refractivity contribution is 5.87. The van der Waals surface area contributed by atoms with Crippen molar-refractivity contribution in [3.63, 3.8) is 0 Å². The number of methoxy groups -OCH3 is 1. The van der Waals surface area contributed by atoms with E-state index < -0.39 is 35.2 Å². The molecule has 2 aromatic rings. The molecule has 13 nitrogen and oxygen atoms in total. The summed E-state index contributed by atoms with van der Waals surface area (Å²) in [6.45, 7) is 15.8. The van der Waals surface area contributed by atoms with Crippen LogP contribution < -0.4 is 20.1 Å². The number of piperidine rings is 1. The van der Waals surface area contributed by atoms with E-state index in [1.165, 1.54) is 7.11 Å². The van der Waals surface area contributed by atoms with E-state index in [1.807, 2.05) is 53.8 Å². The molecule has 3 fully saturated rings. The van der Waals surface area contributed by atoms with Gasteiger partial charge in [0.25, 0.3) is 0 Å². The number of hydrogen-bond acceptors (Lipinski definition) is 12. The van der Waals surface area contributed by atoms with Crippen molar-refractivity contribution in [2.45, 2.75) is 136 Å². The zero-order valence-electron chi connectivity index (χ0n) is 33.2. The molecule has 53 heavy (non-hydrogen) atoms. The number of amides is 1. The van der Waals surface area contributed by atoms with Crippen LogP contribution >= 0.6 is 0 Å². The Morgan fingerprint density at radius 2 is 1.77 bits per heavy atom. The van der Waals surface area contributed by atoms with Crippen molar-refractivity contribution in [2.24, 2.45) is 17.3 Å². The summed E-state index contributed by atoms with van der Waals surface area (Å²) in [6, 6.07) is 0.639. The minimum atomic E-state index is -0.828. The Morgan fingerprint density at radius 1 is 1.04 bits per heavy atom. The van der Waals surface area contributed by atoms with Gasteiger partial charge in [0.15, 0.2) is 0 Å². The number of nitrogens with one attached hydrogen (secondary N) is 2. The van der Waals surface area contributed by atoms with Gasteiger partial charge in [0.1, 0.15) is 41.7 Å². The standard InChI is InChI=1S/C40H61N5O8/c1-24(28-21-32(28)52-38(48)44-34(39(2,3)4)37(47)53-40(5,6)7)12-10-11-13-27-33(50-25-15-18-45(8)19-16-25)29-23-41-17-14-30(29)43-35(27)51-26-20-31(42-22-26)36(46)49-9/h14,17,23-26,28,31-32,34,42H,10-13,15-16,18-22H2,1-9H3,(H,44,48). The molecule has 6 atom stereocenters. The van der Waals surface area contributed by atoms with Crippen molar-refractivity contribution in [3.05, 3.63) is 24.0 Å². The second-order valence-corrected chi connectivity index (χ2v) is 17.2. The third-order valence-corrected chi connectivity index (χ3v) is 10.5. The molecule has 2 aromatic heterocycles. The van der Waals surface area contributed by atoms with Crippen molar-refractivity contribution in [3.8, 4) is 11.6 Å². The van der Waals surface area contributed by atoms with Crippen LogP contribution in [0.25, 0.3) is 10.9 Å². The quantitative estimate of drug-likeness (QED) is 0.141. The number of likely N-dealkylation sites (tertiary alicyclic amines) is 1. The van der Waals surface area contributed by atoms with Gasteiger partial charge in [-0.25, -0.2) is 14.6 Å². The van der Waals surface area contributed by atoms with Gasteiger partial charge in [-0.1, -0.05) is 40.5 Å². The maximum Gasteiger partial charge on any atom is 0.408 e. The average Bonchev–Trinajstić information content (AvgIpc) is 3.70. The first-order chi connectivity index (χ1) is 25.0. The van der Waals surface area contributed by atoms with Gasteiger partial charge in [-0.2, -0.15) is 0 Å². The number of rotatable bonds is 14. The van der Waals surface area contributed by atoms with Crippen LogP contribution in [0.3, 0.4) is 0 Å². The van der Waals surface area contributed by atoms with E-state index >= 15 is 0 Å². The molecule has 0 aromatic carbocycles. The van der Waals surface area contributed by atoms with Crippen molar-refractivity contribution in [1.82, 2.24) is 25.5 Å². The van der Waals surface area contributed by atoms with Crippen LogP contribution in [0, 0.1) is 17.3 Å². The lowest BCUT2D eigenvalue weighted by molar-refractivity contribution is -0.160. The molecule has 13 heteroatoms. The number of fused-ring (bicyclic) bond motifs is 1. The maximum absolute atomic E-state index is 12.9. The predicted molar refractivity (Wildman–Crippen MR) is 201 cm³/mol. The molecule has 0 bridgehead atoms. The van der Waals surface area contributed by atoms with Crippen molar-refractivity contribution >= 4 is 28.9 Å². The Hall–Kier alpha value is -3.71. The fraction of sp³-hybridized carbons (Fsp3) is 0.725. The highest BCUT2D eigenvalue weighted by atomic mass is 16.6. The van der Waals surface area contributed by atoms with Crippen LogP contribution in [0.4, 0.5) is 4.79 Å². The molecule has 1 amide bonds. The third-order valence-electron chi connectivity index (χ3n) is 10.5. The predicted octanol–water partition coefficient (Wildman–Crippen LogP) is 5.61. The van der Waals surface area contributed by atoms with Gasteiger partial charge in [-0.3, -0.25) is 9.78 Å². The van der Waals surface area contributed by atoms with Crippen LogP contribution in [0.1, 0.15) is 99.0 Å². The lowest BCUT2D eigenvalue weighted by Crippen LogP contribution is -2.51. The van der Waals surface area contributed by atoms with Crippen LogP contribution in [-0.4, -0.2) is 103 Å². The monoisotopic (exact) mass is 739 g/mol. The number of nitrogens with zero attached hydrogens (tertiary/aromatic N) is 3. The Morgan fingerprint density at radius 3 is 2.45 bits per heavy atom. The summed E-state index contributed by atoms with van der Waals surface area (Å²) in [6.07, 6.45) is 9.28. The zero-order valence-corrected chi connectivity index (χ0v) is 33.2. The normalized spacial score (nSPS) is 23.6. The first-order valence-corrected chi connectivity index (χ1v) is 19.3. The largest absolute Gasteiger partial charge is 0.489 e. The summed E-state index contributed by atoms with van der Waals surface area (Å²) in [5.74, 6) is 1.17. The Labute approximate surface area is 314 Å². The van der Waals surface area contributed by atoms with Gasteiger partial charge in [0.2, 0.25) is 5.88 Å². The summed E-state index contributed by atoms with van der Waals surface area (Å²) < 4.78 is 29.7. The molecule has 4 heterocycles. The number of esters is 2.